The van der Waals surface area contributed by atoms with Gasteiger partial charge >= 0.3 is 6.36 Å². The van der Waals surface area contributed by atoms with Crippen LogP contribution in [0.2, 0.25) is 0 Å². The Morgan fingerprint density at radius 1 is 0.621 bits per heavy atom. The molecule has 0 N–H and O–H groups in total. The SMILES string of the molecule is Cc1ccc(C#Cc2ccc(C#Cc3ccc(C)cc3)c(OC(F)(F)F)c2)cc1. The van der Waals surface area contributed by atoms with E-state index in [1.54, 1.807) is 6.07 Å². The summed E-state index contributed by atoms with van der Waals surface area (Å²) in [5.41, 5.74) is 4.21. The van der Waals surface area contributed by atoms with E-state index in [4.69, 9.17) is 0 Å². The van der Waals surface area contributed by atoms with E-state index in [-0.39, 0.29) is 11.3 Å². The largest absolute Gasteiger partial charge is 0.573 e. The van der Waals surface area contributed by atoms with Gasteiger partial charge in [-0.15, -0.1) is 13.2 Å². The molecule has 0 aliphatic heterocycles. The minimum Gasteiger partial charge on any atom is -0.404 e. The van der Waals surface area contributed by atoms with Crippen LogP contribution in [0.1, 0.15) is 33.4 Å². The van der Waals surface area contributed by atoms with Gasteiger partial charge in [0.25, 0.3) is 0 Å². The third-order valence-electron chi connectivity index (χ3n) is 4.00. The van der Waals surface area contributed by atoms with E-state index in [1.807, 2.05) is 62.4 Å². The molecule has 1 nitrogen and oxygen atoms in total. The van der Waals surface area contributed by atoms with Crippen molar-refractivity contribution in [1.82, 2.24) is 0 Å². The Hall–Kier alpha value is -3.63. The number of benzene rings is 3. The topological polar surface area (TPSA) is 9.23 Å². The van der Waals surface area contributed by atoms with Gasteiger partial charge in [0.1, 0.15) is 5.75 Å². The zero-order chi connectivity index (χ0) is 20.9. The molecule has 3 aromatic carbocycles. The van der Waals surface area contributed by atoms with Crippen LogP contribution >= 0.6 is 0 Å². The number of alkyl halides is 3. The number of aryl methyl sites for hydroxylation is 2. The second kappa shape index (κ2) is 8.59. The monoisotopic (exact) mass is 390 g/mol. The normalized spacial score (nSPS) is 10.4. The second-order valence-corrected chi connectivity index (χ2v) is 6.49. The fraction of sp³-hybridized carbons (Fsp3) is 0.120. The number of ether oxygens (including phenoxy) is 1. The summed E-state index contributed by atoms with van der Waals surface area (Å²) in [6.07, 6.45) is -4.82. The third-order valence-corrected chi connectivity index (χ3v) is 4.00. The Morgan fingerprint density at radius 3 is 1.59 bits per heavy atom. The molecule has 29 heavy (non-hydrogen) atoms. The predicted octanol–water partition coefficient (Wildman–Crippen LogP) is 6.00. The van der Waals surface area contributed by atoms with Gasteiger partial charge in [-0.05, 0) is 56.3 Å². The maximum atomic E-state index is 12.8. The van der Waals surface area contributed by atoms with Crippen molar-refractivity contribution in [2.24, 2.45) is 0 Å². The predicted molar refractivity (Wildman–Crippen MR) is 107 cm³/mol. The number of halogens is 3. The van der Waals surface area contributed by atoms with Gasteiger partial charge in [0.2, 0.25) is 0 Å². The minimum absolute atomic E-state index is 0.142. The highest BCUT2D eigenvalue weighted by molar-refractivity contribution is 5.55. The van der Waals surface area contributed by atoms with E-state index >= 15 is 0 Å². The van der Waals surface area contributed by atoms with Crippen molar-refractivity contribution in [2.75, 3.05) is 0 Å². The van der Waals surface area contributed by atoms with Crippen molar-refractivity contribution in [3.8, 4) is 29.4 Å². The Kier molecular flexibility index (Phi) is 5.96. The first-order chi connectivity index (χ1) is 13.8. The summed E-state index contributed by atoms with van der Waals surface area (Å²) in [6.45, 7) is 3.91. The summed E-state index contributed by atoms with van der Waals surface area (Å²) in [4.78, 5) is 0. The van der Waals surface area contributed by atoms with Crippen LogP contribution < -0.4 is 4.74 Å². The average Bonchev–Trinajstić information content (AvgIpc) is 2.67. The van der Waals surface area contributed by atoms with E-state index < -0.39 is 6.36 Å². The smallest absolute Gasteiger partial charge is 0.404 e. The lowest BCUT2D eigenvalue weighted by Crippen LogP contribution is -2.18. The summed E-state index contributed by atoms with van der Waals surface area (Å²) in [5.74, 6) is 11.1. The van der Waals surface area contributed by atoms with Crippen LogP contribution in [0, 0.1) is 37.5 Å². The quantitative estimate of drug-likeness (QED) is 0.463. The molecule has 0 spiro atoms. The molecule has 0 atom stereocenters. The molecule has 0 saturated carbocycles. The van der Waals surface area contributed by atoms with Crippen molar-refractivity contribution in [1.29, 1.82) is 0 Å². The van der Waals surface area contributed by atoms with Crippen LogP contribution in [0.15, 0.2) is 66.7 Å². The van der Waals surface area contributed by atoms with Crippen LogP contribution in [0.4, 0.5) is 13.2 Å². The molecule has 0 aliphatic rings. The van der Waals surface area contributed by atoms with Crippen molar-refractivity contribution in [3.05, 3.63) is 100 Å². The molecule has 0 fully saturated rings. The van der Waals surface area contributed by atoms with Gasteiger partial charge in [-0.1, -0.05) is 59.1 Å². The number of hydrogen-bond donors (Lipinski definition) is 0. The highest BCUT2D eigenvalue weighted by atomic mass is 19.4. The summed E-state index contributed by atoms with van der Waals surface area (Å²) in [7, 11) is 0. The molecule has 0 radical (unpaired) electrons. The summed E-state index contributed by atoms with van der Waals surface area (Å²) < 4.78 is 42.7. The molecule has 0 unspecified atom stereocenters. The Bertz CT molecular complexity index is 1120. The lowest BCUT2D eigenvalue weighted by molar-refractivity contribution is -0.274. The van der Waals surface area contributed by atoms with E-state index in [2.05, 4.69) is 28.4 Å². The number of hydrogen-bond acceptors (Lipinski definition) is 1. The average molecular weight is 390 g/mol. The van der Waals surface area contributed by atoms with Crippen molar-refractivity contribution in [3.63, 3.8) is 0 Å². The molecule has 0 saturated heterocycles. The van der Waals surface area contributed by atoms with Gasteiger partial charge in [-0.25, -0.2) is 0 Å². The molecule has 0 aromatic heterocycles. The summed E-state index contributed by atoms with van der Waals surface area (Å²) in [6, 6.07) is 19.3. The van der Waals surface area contributed by atoms with Crippen LogP contribution in [0.25, 0.3) is 0 Å². The molecular formula is C25H17F3O. The lowest BCUT2D eigenvalue weighted by atomic mass is 10.1. The molecule has 0 bridgehead atoms. The van der Waals surface area contributed by atoms with Gasteiger partial charge in [-0.2, -0.15) is 0 Å². The first-order valence-corrected chi connectivity index (χ1v) is 8.86. The highest BCUT2D eigenvalue weighted by Crippen LogP contribution is 2.27. The van der Waals surface area contributed by atoms with Gasteiger partial charge < -0.3 is 4.74 Å². The standard InChI is InChI=1S/C25H17F3O/c1-18-3-7-20(8-4-18)11-12-22-14-16-23(24(17-22)29-25(26,27)28)15-13-21-9-5-19(2)6-10-21/h3-10,14,16-17H,1-2H3. The lowest BCUT2D eigenvalue weighted by Gasteiger charge is -2.11. The zero-order valence-corrected chi connectivity index (χ0v) is 15.9. The van der Waals surface area contributed by atoms with Crippen LogP contribution in [0.3, 0.4) is 0 Å². The second-order valence-electron chi connectivity index (χ2n) is 6.49. The Labute approximate surface area is 168 Å². The summed E-state index contributed by atoms with van der Waals surface area (Å²) in [5, 5.41) is 0. The summed E-state index contributed by atoms with van der Waals surface area (Å²) >= 11 is 0. The fourth-order valence-corrected chi connectivity index (χ4v) is 2.47. The van der Waals surface area contributed by atoms with Gasteiger partial charge in [0, 0.05) is 16.7 Å². The molecule has 3 aromatic rings. The van der Waals surface area contributed by atoms with Crippen molar-refractivity contribution in [2.45, 2.75) is 20.2 Å². The zero-order valence-electron chi connectivity index (χ0n) is 15.9. The van der Waals surface area contributed by atoms with Crippen LogP contribution in [-0.2, 0) is 0 Å². The number of rotatable bonds is 1. The molecule has 0 heterocycles. The van der Waals surface area contributed by atoms with E-state index in [0.717, 1.165) is 16.7 Å². The molecule has 4 heteroatoms. The van der Waals surface area contributed by atoms with E-state index in [9.17, 15) is 13.2 Å². The van der Waals surface area contributed by atoms with Crippen molar-refractivity contribution < 1.29 is 17.9 Å². The van der Waals surface area contributed by atoms with Gasteiger partial charge in [0.15, 0.2) is 0 Å². The maximum Gasteiger partial charge on any atom is 0.573 e. The fourth-order valence-electron chi connectivity index (χ4n) is 2.47. The third kappa shape index (κ3) is 6.19. The molecule has 0 aliphatic carbocycles. The molecule has 144 valence electrons. The first-order valence-electron chi connectivity index (χ1n) is 8.86. The van der Waals surface area contributed by atoms with E-state index in [1.165, 1.54) is 12.1 Å². The van der Waals surface area contributed by atoms with Gasteiger partial charge in [-0.3, -0.25) is 0 Å². The van der Waals surface area contributed by atoms with Gasteiger partial charge in [0.05, 0.1) is 5.56 Å². The maximum absolute atomic E-state index is 12.8. The Morgan fingerprint density at radius 2 is 1.07 bits per heavy atom. The van der Waals surface area contributed by atoms with Crippen LogP contribution in [-0.4, -0.2) is 6.36 Å². The van der Waals surface area contributed by atoms with E-state index in [0.29, 0.717) is 11.1 Å². The molecule has 3 rings (SSSR count). The molecule has 0 amide bonds. The van der Waals surface area contributed by atoms with Crippen LogP contribution in [0.5, 0.6) is 5.75 Å². The Balaban J connectivity index is 1.93. The molecular weight excluding hydrogens is 373 g/mol. The minimum atomic E-state index is -4.82. The first kappa shape index (κ1) is 20.1. The highest BCUT2D eigenvalue weighted by Gasteiger charge is 2.32. The van der Waals surface area contributed by atoms with Crippen molar-refractivity contribution >= 4 is 0 Å².